The molecule has 0 bridgehead atoms. The third kappa shape index (κ3) is 2.56. The van der Waals surface area contributed by atoms with Crippen LogP contribution < -0.4 is 4.90 Å². The van der Waals surface area contributed by atoms with E-state index in [1.807, 2.05) is 6.07 Å². The van der Waals surface area contributed by atoms with Crippen molar-refractivity contribution in [3.63, 3.8) is 0 Å². The lowest BCUT2D eigenvalue weighted by Crippen LogP contribution is -2.23. The summed E-state index contributed by atoms with van der Waals surface area (Å²) in [4.78, 5) is 2.46. The number of hydrogen-bond donors (Lipinski definition) is 1. The molecular weight excluding hydrogens is 246 g/mol. The van der Waals surface area contributed by atoms with Gasteiger partial charge in [-0.05, 0) is 48.1 Å². The molecule has 1 heterocycles. The van der Waals surface area contributed by atoms with Crippen molar-refractivity contribution < 1.29 is 5.11 Å². The Bertz CT molecular complexity index is 606. The van der Waals surface area contributed by atoms with Crippen molar-refractivity contribution in [2.45, 2.75) is 32.9 Å². The van der Waals surface area contributed by atoms with Crippen LogP contribution in [-0.4, -0.2) is 11.7 Å². The van der Waals surface area contributed by atoms with Crippen molar-refractivity contribution in [3.8, 4) is 0 Å². The highest BCUT2D eigenvalue weighted by Gasteiger charge is 2.15. The van der Waals surface area contributed by atoms with Gasteiger partial charge in [-0.1, -0.05) is 36.4 Å². The largest absolute Gasteiger partial charge is 0.392 e. The first-order valence-corrected chi connectivity index (χ1v) is 7.30. The van der Waals surface area contributed by atoms with Crippen LogP contribution in [0.25, 0.3) is 0 Å². The third-order valence-corrected chi connectivity index (χ3v) is 4.14. The average molecular weight is 267 g/mol. The Morgan fingerprint density at radius 1 is 1.10 bits per heavy atom. The van der Waals surface area contributed by atoms with Gasteiger partial charge in [0, 0.05) is 18.8 Å². The van der Waals surface area contributed by atoms with E-state index in [4.69, 9.17) is 0 Å². The molecule has 0 unspecified atom stereocenters. The van der Waals surface area contributed by atoms with E-state index >= 15 is 0 Å². The Hall–Kier alpha value is -1.80. The normalized spacial score (nSPS) is 14.8. The molecular formula is C18H21NO. The van der Waals surface area contributed by atoms with Gasteiger partial charge >= 0.3 is 0 Å². The molecule has 0 fully saturated rings. The van der Waals surface area contributed by atoms with E-state index in [-0.39, 0.29) is 6.61 Å². The first kappa shape index (κ1) is 13.2. The monoisotopic (exact) mass is 267 g/mol. The topological polar surface area (TPSA) is 23.5 Å². The first-order chi connectivity index (χ1) is 9.78. The molecule has 2 aromatic rings. The van der Waals surface area contributed by atoms with Crippen LogP contribution in [0.5, 0.6) is 0 Å². The third-order valence-electron chi connectivity index (χ3n) is 4.14. The number of benzene rings is 2. The first-order valence-electron chi connectivity index (χ1n) is 7.30. The average Bonchev–Trinajstić information content (AvgIpc) is 2.69. The van der Waals surface area contributed by atoms with Gasteiger partial charge in [-0.15, -0.1) is 0 Å². The zero-order chi connectivity index (χ0) is 13.9. The molecule has 1 aliphatic heterocycles. The van der Waals surface area contributed by atoms with Crippen LogP contribution in [0.1, 0.15) is 28.7 Å². The van der Waals surface area contributed by atoms with E-state index in [1.54, 1.807) is 0 Å². The highest BCUT2D eigenvalue weighted by molar-refractivity contribution is 5.55. The van der Waals surface area contributed by atoms with E-state index in [0.717, 1.165) is 18.7 Å². The summed E-state index contributed by atoms with van der Waals surface area (Å²) in [6, 6.07) is 15.0. The van der Waals surface area contributed by atoms with Crippen molar-refractivity contribution >= 4 is 5.69 Å². The van der Waals surface area contributed by atoms with E-state index in [1.165, 1.54) is 35.2 Å². The molecule has 2 aromatic carbocycles. The summed E-state index contributed by atoms with van der Waals surface area (Å²) in [7, 11) is 0. The summed E-state index contributed by atoms with van der Waals surface area (Å²) in [6.45, 7) is 4.32. The molecule has 104 valence electrons. The van der Waals surface area contributed by atoms with Gasteiger partial charge in [0.15, 0.2) is 0 Å². The smallest absolute Gasteiger partial charge is 0.0681 e. The number of rotatable bonds is 2. The number of fused-ring (bicyclic) bond motifs is 1. The van der Waals surface area contributed by atoms with Gasteiger partial charge in [-0.3, -0.25) is 0 Å². The minimum atomic E-state index is 0.115. The zero-order valence-corrected chi connectivity index (χ0v) is 12.0. The highest BCUT2D eigenvalue weighted by atomic mass is 16.3. The van der Waals surface area contributed by atoms with Crippen LogP contribution in [0.4, 0.5) is 5.69 Å². The van der Waals surface area contributed by atoms with Gasteiger partial charge in [0.1, 0.15) is 0 Å². The Kier molecular flexibility index (Phi) is 3.75. The van der Waals surface area contributed by atoms with Crippen LogP contribution >= 0.6 is 0 Å². The molecule has 0 atom stereocenters. The summed E-state index contributed by atoms with van der Waals surface area (Å²) in [5, 5.41) is 9.22. The Balaban J connectivity index is 1.91. The maximum absolute atomic E-state index is 9.22. The van der Waals surface area contributed by atoms with Crippen molar-refractivity contribution in [3.05, 3.63) is 64.7 Å². The fourth-order valence-corrected chi connectivity index (χ4v) is 3.08. The molecule has 3 rings (SSSR count). The van der Waals surface area contributed by atoms with Crippen molar-refractivity contribution in [2.24, 2.45) is 0 Å². The van der Waals surface area contributed by atoms with Crippen LogP contribution in [0.2, 0.25) is 0 Å². The molecule has 0 aromatic heterocycles. The maximum Gasteiger partial charge on any atom is 0.0681 e. The van der Waals surface area contributed by atoms with E-state index in [0.29, 0.717) is 0 Å². The summed E-state index contributed by atoms with van der Waals surface area (Å²) in [6.07, 6.45) is 2.36. The van der Waals surface area contributed by atoms with Gasteiger partial charge in [-0.25, -0.2) is 0 Å². The molecule has 0 aliphatic carbocycles. The fraction of sp³-hybridized carbons (Fsp3) is 0.333. The van der Waals surface area contributed by atoms with E-state index < -0.39 is 0 Å². The van der Waals surface area contributed by atoms with Crippen molar-refractivity contribution in [2.75, 3.05) is 11.4 Å². The molecule has 1 aliphatic rings. The Morgan fingerprint density at radius 2 is 1.90 bits per heavy atom. The molecule has 0 saturated heterocycles. The summed E-state index contributed by atoms with van der Waals surface area (Å²) >= 11 is 0. The summed E-state index contributed by atoms with van der Waals surface area (Å²) in [5.74, 6) is 0. The molecule has 0 amide bonds. The molecule has 2 nitrogen and oxygen atoms in total. The number of aliphatic hydroxyl groups is 1. The predicted octanol–water partition coefficient (Wildman–Crippen LogP) is 3.44. The molecule has 0 radical (unpaired) electrons. The minimum Gasteiger partial charge on any atom is -0.392 e. The molecule has 1 N–H and O–H groups in total. The van der Waals surface area contributed by atoms with Crippen LogP contribution in [0.3, 0.4) is 0 Å². The van der Waals surface area contributed by atoms with Gasteiger partial charge in [0.05, 0.1) is 6.61 Å². The highest BCUT2D eigenvalue weighted by Crippen LogP contribution is 2.27. The Labute approximate surface area is 120 Å². The lowest BCUT2D eigenvalue weighted by molar-refractivity contribution is 0.282. The van der Waals surface area contributed by atoms with Crippen molar-refractivity contribution in [1.29, 1.82) is 0 Å². The van der Waals surface area contributed by atoms with Crippen LogP contribution in [0.15, 0.2) is 42.5 Å². The second-order valence-corrected chi connectivity index (χ2v) is 5.57. The predicted molar refractivity (Wildman–Crippen MR) is 82.9 cm³/mol. The standard InChI is InChI=1S/C18H21NO/c1-14-11-15(13-20)8-9-18(14)19-10-4-7-16-5-2-3-6-17(16)12-19/h2-3,5-6,8-9,11,20H,4,7,10,12-13H2,1H3. The summed E-state index contributed by atoms with van der Waals surface area (Å²) in [5.41, 5.74) is 6.45. The molecule has 20 heavy (non-hydrogen) atoms. The second-order valence-electron chi connectivity index (χ2n) is 5.57. The molecule has 2 heteroatoms. The Morgan fingerprint density at radius 3 is 2.65 bits per heavy atom. The van der Waals surface area contributed by atoms with Gasteiger partial charge < -0.3 is 10.0 Å². The van der Waals surface area contributed by atoms with Gasteiger partial charge in [0.25, 0.3) is 0 Å². The number of anilines is 1. The van der Waals surface area contributed by atoms with Gasteiger partial charge in [0.2, 0.25) is 0 Å². The quantitative estimate of drug-likeness (QED) is 0.901. The zero-order valence-electron chi connectivity index (χ0n) is 12.0. The molecule has 0 spiro atoms. The SMILES string of the molecule is Cc1cc(CO)ccc1N1CCCc2ccccc2C1. The summed E-state index contributed by atoms with van der Waals surface area (Å²) < 4.78 is 0. The van der Waals surface area contributed by atoms with Crippen LogP contribution in [-0.2, 0) is 19.6 Å². The number of aryl methyl sites for hydroxylation is 2. The van der Waals surface area contributed by atoms with Crippen LogP contribution in [0, 0.1) is 6.92 Å². The van der Waals surface area contributed by atoms with E-state index in [2.05, 4.69) is 48.2 Å². The van der Waals surface area contributed by atoms with Crippen molar-refractivity contribution in [1.82, 2.24) is 0 Å². The lowest BCUT2D eigenvalue weighted by Gasteiger charge is -2.25. The lowest BCUT2D eigenvalue weighted by atomic mass is 10.0. The minimum absolute atomic E-state index is 0.115. The number of aliphatic hydroxyl groups excluding tert-OH is 1. The number of nitrogens with zero attached hydrogens (tertiary/aromatic N) is 1. The van der Waals surface area contributed by atoms with Gasteiger partial charge in [-0.2, -0.15) is 0 Å². The number of hydrogen-bond acceptors (Lipinski definition) is 2. The maximum atomic E-state index is 9.22. The fourth-order valence-electron chi connectivity index (χ4n) is 3.08. The second kappa shape index (κ2) is 5.68. The van der Waals surface area contributed by atoms with E-state index in [9.17, 15) is 5.11 Å². The molecule has 0 saturated carbocycles.